The summed E-state index contributed by atoms with van der Waals surface area (Å²) in [6, 6.07) is 7.81. The Labute approximate surface area is 117 Å². The van der Waals surface area contributed by atoms with Gasteiger partial charge in [-0.1, -0.05) is 46.6 Å². The van der Waals surface area contributed by atoms with Crippen LogP contribution in [0, 0.1) is 5.92 Å². The Morgan fingerprint density at radius 1 is 1.28 bits per heavy atom. The molecule has 2 atom stereocenters. The summed E-state index contributed by atoms with van der Waals surface area (Å²) >= 11 is 3.40. The fourth-order valence-electron chi connectivity index (χ4n) is 2.07. The molecule has 98 valence electrons. The van der Waals surface area contributed by atoms with Crippen LogP contribution in [0.2, 0.25) is 0 Å². The first-order chi connectivity index (χ1) is 8.45. The molecule has 0 aliphatic heterocycles. The van der Waals surface area contributed by atoms with Crippen molar-refractivity contribution in [2.75, 3.05) is 7.11 Å². The number of carbonyl (C=O) groups excluding carboxylic acids is 1. The molecule has 0 saturated heterocycles. The Balaban J connectivity index is 3.09. The van der Waals surface area contributed by atoms with Gasteiger partial charge < -0.3 is 4.74 Å². The molecule has 18 heavy (non-hydrogen) atoms. The summed E-state index contributed by atoms with van der Waals surface area (Å²) in [5, 5.41) is 0. The highest BCUT2D eigenvalue weighted by Gasteiger charge is 2.26. The summed E-state index contributed by atoms with van der Waals surface area (Å²) in [5.74, 6) is -0.330. The van der Waals surface area contributed by atoms with Crippen molar-refractivity contribution in [2.24, 2.45) is 5.92 Å². The first-order valence-electron chi connectivity index (χ1n) is 5.94. The van der Waals surface area contributed by atoms with Crippen molar-refractivity contribution >= 4 is 21.9 Å². The number of ether oxygens (including phenoxy) is 1. The Bertz CT molecular complexity index is 430. The zero-order valence-electron chi connectivity index (χ0n) is 11.2. The third kappa shape index (κ3) is 3.98. The zero-order valence-corrected chi connectivity index (χ0v) is 12.8. The Kier molecular flexibility index (Phi) is 5.60. The van der Waals surface area contributed by atoms with Gasteiger partial charge >= 0.3 is 5.97 Å². The van der Waals surface area contributed by atoms with Crippen LogP contribution < -0.4 is 0 Å². The minimum atomic E-state index is -0.252. The lowest BCUT2D eigenvalue weighted by Crippen LogP contribution is -2.20. The van der Waals surface area contributed by atoms with Crippen LogP contribution in [-0.2, 0) is 9.53 Å². The summed E-state index contributed by atoms with van der Waals surface area (Å²) in [5.41, 5.74) is 2.18. The molecule has 0 aliphatic carbocycles. The topological polar surface area (TPSA) is 26.3 Å². The van der Waals surface area contributed by atoms with Gasteiger partial charge in [0.1, 0.15) is 0 Å². The summed E-state index contributed by atoms with van der Waals surface area (Å²) in [6.45, 7) is 6.11. The van der Waals surface area contributed by atoms with E-state index in [-0.39, 0.29) is 17.8 Å². The molecule has 0 N–H and O–H groups in total. The summed E-state index contributed by atoms with van der Waals surface area (Å²) < 4.78 is 5.92. The molecule has 0 amide bonds. The molecule has 0 unspecified atom stereocenters. The molecule has 1 aromatic rings. The van der Waals surface area contributed by atoms with Crippen LogP contribution in [0.4, 0.5) is 0 Å². The number of rotatable bonds is 4. The number of hydrogen-bond acceptors (Lipinski definition) is 2. The molecule has 0 aromatic heterocycles. The molecular formula is C15H19BrO2. The summed E-state index contributed by atoms with van der Waals surface area (Å²) in [4.78, 5) is 12.0. The van der Waals surface area contributed by atoms with E-state index in [2.05, 4.69) is 22.0 Å². The van der Waals surface area contributed by atoms with Crippen LogP contribution in [0.1, 0.15) is 32.3 Å². The maximum atomic E-state index is 12.0. The zero-order chi connectivity index (χ0) is 13.7. The standard InChI is InChI=1S/C15H19BrO2/c1-10(2)9-11(3)14(15(17)18-4)12-5-7-13(16)8-6-12/h5-9,11,14H,1-4H3/t11-,14+/m0/s1. The van der Waals surface area contributed by atoms with Gasteiger partial charge in [0, 0.05) is 4.47 Å². The van der Waals surface area contributed by atoms with Crippen molar-refractivity contribution in [1.82, 2.24) is 0 Å². The van der Waals surface area contributed by atoms with Crippen molar-refractivity contribution < 1.29 is 9.53 Å². The highest BCUT2D eigenvalue weighted by Crippen LogP contribution is 2.28. The molecule has 0 aliphatic rings. The van der Waals surface area contributed by atoms with Crippen LogP contribution in [-0.4, -0.2) is 13.1 Å². The number of esters is 1. The second-order valence-corrected chi connectivity index (χ2v) is 5.57. The number of halogens is 1. The number of hydrogen-bond donors (Lipinski definition) is 0. The minimum absolute atomic E-state index is 0.114. The molecular weight excluding hydrogens is 292 g/mol. The fraction of sp³-hybridized carbons (Fsp3) is 0.400. The molecule has 1 rings (SSSR count). The highest BCUT2D eigenvalue weighted by molar-refractivity contribution is 9.10. The Hall–Kier alpha value is -1.09. The average molecular weight is 311 g/mol. The largest absolute Gasteiger partial charge is 0.469 e. The monoisotopic (exact) mass is 310 g/mol. The van der Waals surface area contributed by atoms with Crippen molar-refractivity contribution in [3.63, 3.8) is 0 Å². The molecule has 0 fully saturated rings. The maximum absolute atomic E-state index is 12.0. The minimum Gasteiger partial charge on any atom is -0.469 e. The van der Waals surface area contributed by atoms with E-state index in [0.717, 1.165) is 10.0 Å². The lowest BCUT2D eigenvalue weighted by Gasteiger charge is -2.20. The third-order valence-electron chi connectivity index (χ3n) is 2.81. The second kappa shape index (κ2) is 6.74. The van der Waals surface area contributed by atoms with Crippen LogP contribution in [0.25, 0.3) is 0 Å². The lowest BCUT2D eigenvalue weighted by molar-refractivity contribution is -0.143. The van der Waals surface area contributed by atoms with E-state index < -0.39 is 0 Å². The number of carbonyl (C=O) groups is 1. The van der Waals surface area contributed by atoms with Crippen LogP contribution in [0.3, 0.4) is 0 Å². The van der Waals surface area contributed by atoms with Crippen LogP contribution in [0.15, 0.2) is 40.4 Å². The van der Waals surface area contributed by atoms with Gasteiger partial charge in [0.2, 0.25) is 0 Å². The molecule has 2 nitrogen and oxygen atoms in total. The number of methoxy groups -OCH3 is 1. The fourth-order valence-corrected chi connectivity index (χ4v) is 2.34. The average Bonchev–Trinajstić information content (AvgIpc) is 2.30. The van der Waals surface area contributed by atoms with E-state index in [1.54, 1.807) is 0 Å². The van der Waals surface area contributed by atoms with Gasteiger partial charge in [0.05, 0.1) is 13.0 Å². The maximum Gasteiger partial charge on any atom is 0.313 e. The Morgan fingerprint density at radius 2 is 1.83 bits per heavy atom. The predicted octanol–water partition coefficient (Wildman–Crippen LogP) is 4.31. The van der Waals surface area contributed by atoms with Gasteiger partial charge in [-0.2, -0.15) is 0 Å². The van der Waals surface area contributed by atoms with Gasteiger partial charge in [-0.3, -0.25) is 4.79 Å². The molecule has 0 bridgehead atoms. The van der Waals surface area contributed by atoms with Crippen LogP contribution in [0.5, 0.6) is 0 Å². The highest BCUT2D eigenvalue weighted by atomic mass is 79.9. The number of benzene rings is 1. The summed E-state index contributed by atoms with van der Waals surface area (Å²) in [6.07, 6.45) is 2.10. The molecule has 0 heterocycles. The van der Waals surface area contributed by atoms with Gasteiger partial charge in [-0.15, -0.1) is 0 Å². The quantitative estimate of drug-likeness (QED) is 0.612. The molecule has 3 heteroatoms. The van der Waals surface area contributed by atoms with Gasteiger partial charge in [0.25, 0.3) is 0 Å². The first kappa shape index (κ1) is 15.0. The van der Waals surface area contributed by atoms with E-state index in [9.17, 15) is 4.79 Å². The normalized spacial score (nSPS) is 13.6. The SMILES string of the molecule is COC(=O)[C@@H](c1ccc(Br)cc1)[C@@H](C)C=C(C)C. The molecule has 0 spiro atoms. The predicted molar refractivity (Wildman–Crippen MR) is 77.5 cm³/mol. The van der Waals surface area contributed by atoms with Crippen molar-refractivity contribution in [1.29, 1.82) is 0 Å². The lowest BCUT2D eigenvalue weighted by atomic mass is 9.86. The van der Waals surface area contributed by atoms with Crippen molar-refractivity contribution in [2.45, 2.75) is 26.7 Å². The van der Waals surface area contributed by atoms with E-state index in [4.69, 9.17) is 4.74 Å². The number of allylic oxidation sites excluding steroid dienone is 2. The molecule has 0 radical (unpaired) electrons. The summed E-state index contributed by atoms with van der Waals surface area (Å²) in [7, 11) is 1.43. The second-order valence-electron chi connectivity index (χ2n) is 4.66. The van der Waals surface area contributed by atoms with E-state index in [1.165, 1.54) is 12.7 Å². The first-order valence-corrected chi connectivity index (χ1v) is 6.73. The van der Waals surface area contributed by atoms with Crippen molar-refractivity contribution in [3.8, 4) is 0 Å². The van der Waals surface area contributed by atoms with Crippen molar-refractivity contribution in [3.05, 3.63) is 46.0 Å². The van der Waals surface area contributed by atoms with Gasteiger partial charge in [0.15, 0.2) is 0 Å². The van der Waals surface area contributed by atoms with Gasteiger partial charge in [-0.25, -0.2) is 0 Å². The molecule has 0 saturated carbocycles. The smallest absolute Gasteiger partial charge is 0.313 e. The third-order valence-corrected chi connectivity index (χ3v) is 3.33. The van der Waals surface area contributed by atoms with E-state index >= 15 is 0 Å². The Morgan fingerprint density at radius 3 is 2.28 bits per heavy atom. The van der Waals surface area contributed by atoms with Crippen LogP contribution >= 0.6 is 15.9 Å². The van der Waals surface area contributed by atoms with E-state index in [1.807, 2.05) is 45.0 Å². The van der Waals surface area contributed by atoms with E-state index in [0.29, 0.717) is 0 Å². The molecule has 1 aromatic carbocycles. The van der Waals surface area contributed by atoms with Gasteiger partial charge in [-0.05, 0) is 37.5 Å².